The molecular weight excluding hydrogens is 356 g/mol. The minimum absolute atomic E-state index is 0.327. The molecule has 6 nitrogen and oxygen atoms in total. The molecule has 0 radical (unpaired) electrons. The van der Waals surface area contributed by atoms with Crippen molar-refractivity contribution in [1.82, 2.24) is 5.32 Å². The zero-order valence-corrected chi connectivity index (χ0v) is 16.7. The van der Waals surface area contributed by atoms with Crippen LogP contribution in [0, 0.1) is 23.7 Å². The molecule has 152 valence electrons. The van der Waals surface area contributed by atoms with Crippen molar-refractivity contribution in [2.45, 2.75) is 44.6 Å². The second kappa shape index (κ2) is 7.74. The molecule has 28 heavy (non-hydrogen) atoms. The number of para-hydroxylation sites is 2. The zero-order valence-electron chi connectivity index (χ0n) is 16.7. The van der Waals surface area contributed by atoms with Crippen molar-refractivity contribution in [3.63, 3.8) is 0 Å². The Hall–Kier alpha value is -2.08. The number of ether oxygens (including phenoxy) is 2. The standard InChI is InChI=1S/C22H30N2O4/c1-3-28-19-7-5-4-6-18(19)24-21(26)20(25)23-13-22(27-2)16-9-14-8-15(11-16)12-17(22)10-14/h4-7,14-17H,3,8-13H2,1-2H3,(H,23,25)(H,24,26). The number of anilines is 1. The van der Waals surface area contributed by atoms with Gasteiger partial charge in [-0.2, -0.15) is 0 Å². The van der Waals surface area contributed by atoms with Gasteiger partial charge in [0.2, 0.25) is 0 Å². The highest BCUT2D eigenvalue weighted by atomic mass is 16.5. The van der Waals surface area contributed by atoms with E-state index in [1.165, 1.54) is 32.1 Å². The van der Waals surface area contributed by atoms with Crippen LogP contribution < -0.4 is 15.4 Å². The van der Waals surface area contributed by atoms with Gasteiger partial charge in [-0.25, -0.2) is 0 Å². The van der Waals surface area contributed by atoms with E-state index in [9.17, 15) is 9.59 Å². The molecule has 0 aromatic heterocycles. The van der Waals surface area contributed by atoms with E-state index in [4.69, 9.17) is 9.47 Å². The number of rotatable bonds is 6. The van der Waals surface area contributed by atoms with E-state index in [0.29, 0.717) is 36.4 Å². The summed E-state index contributed by atoms with van der Waals surface area (Å²) in [5.74, 6) is 1.85. The van der Waals surface area contributed by atoms with E-state index < -0.39 is 11.8 Å². The maximum Gasteiger partial charge on any atom is 0.313 e. The Morgan fingerprint density at radius 2 is 1.68 bits per heavy atom. The number of benzene rings is 1. The van der Waals surface area contributed by atoms with Gasteiger partial charge in [0, 0.05) is 13.7 Å². The molecule has 2 N–H and O–H groups in total. The van der Waals surface area contributed by atoms with Crippen molar-refractivity contribution in [3.05, 3.63) is 24.3 Å². The lowest BCUT2D eigenvalue weighted by molar-refractivity contribution is -0.188. The van der Waals surface area contributed by atoms with E-state index in [2.05, 4.69) is 10.6 Å². The maximum atomic E-state index is 12.5. The molecule has 4 saturated carbocycles. The Morgan fingerprint density at radius 1 is 1.04 bits per heavy atom. The fourth-order valence-electron chi connectivity index (χ4n) is 6.01. The largest absolute Gasteiger partial charge is 0.492 e. The van der Waals surface area contributed by atoms with Gasteiger partial charge in [0.1, 0.15) is 5.75 Å². The lowest BCUT2D eigenvalue weighted by Gasteiger charge is -2.60. The number of amides is 2. The third kappa shape index (κ3) is 3.39. The second-order valence-electron chi connectivity index (χ2n) is 8.53. The molecule has 6 heteroatoms. The minimum Gasteiger partial charge on any atom is -0.492 e. The predicted octanol–water partition coefficient (Wildman–Crippen LogP) is 2.98. The smallest absolute Gasteiger partial charge is 0.313 e. The summed E-state index contributed by atoms with van der Waals surface area (Å²) in [6.07, 6.45) is 6.10. The lowest BCUT2D eigenvalue weighted by Crippen LogP contribution is -2.63. The average Bonchev–Trinajstić information content (AvgIpc) is 2.69. The Bertz CT molecular complexity index is 720. The van der Waals surface area contributed by atoms with Crippen LogP contribution in [0.1, 0.15) is 39.0 Å². The van der Waals surface area contributed by atoms with E-state index >= 15 is 0 Å². The molecule has 4 bridgehead atoms. The van der Waals surface area contributed by atoms with Gasteiger partial charge in [-0.3, -0.25) is 9.59 Å². The van der Waals surface area contributed by atoms with Crippen LogP contribution in [0.3, 0.4) is 0 Å². The SMILES string of the molecule is CCOc1ccccc1NC(=O)C(=O)NCC1(OC)C2CC3CC(C2)CC1C3. The quantitative estimate of drug-likeness (QED) is 0.737. The molecule has 4 aliphatic rings. The molecule has 2 amide bonds. The van der Waals surface area contributed by atoms with Gasteiger partial charge in [-0.05, 0) is 74.8 Å². The van der Waals surface area contributed by atoms with Crippen molar-refractivity contribution in [1.29, 1.82) is 0 Å². The summed E-state index contributed by atoms with van der Waals surface area (Å²) in [5.41, 5.74) is 0.174. The van der Waals surface area contributed by atoms with Gasteiger partial charge < -0.3 is 20.1 Å². The summed E-state index contributed by atoms with van der Waals surface area (Å²) in [5, 5.41) is 5.52. The molecule has 0 atom stereocenters. The minimum atomic E-state index is -0.678. The van der Waals surface area contributed by atoms with Crippen LogP contribution in [0.2, 0.25) is 0 Å². The summed E-state index contributed by atoms with van der Waals surface area (Å²) >= 11 is 0. The van der Waals surface area contributed by atoms with Gasteiger partial charge in [0.05, 0.1) is 17.9 Å². The summed E-state index contributed by atoms with van der Waals surface area (Å²) in [6, 6.07) is 7.12. The third-order valence-electron chi connectivity index (χ3n) is 7.07. The van der Waals surface area contributed by atoms with Gasteiger partial charge in [-0.15, -0.1) is 0 Å². The summed E-state index contributed by atoms with van der Waals surface area (Å²) in [4.78, 5) is 24.9. The lowest BCUT2D eigenvalue weighted by atomic mass is 9.49. The van der Waals surface area contributed by atoms with Crippen LogP contribution in [0.4, 0.5) is 5.69 Å². The molecule has 0 saturated heterocycles. The summed E-state index contributed by atoms with van der Waals surface area (Å²) in [6.45, 7) is 2.76. The Balaban J connectivity index is 1.39. The van der Waals surface area contributed by atoms with Crippen molar-refractivity contribution in [2.24, 2.45) is 23.7 Å². The van der Waals surface area contributed by atoms with Crippen molar-refractivity contribution >= 4 is 17.5 Å². The Labute approximate surface area is 166 Å². The Kier molecular flexibility index (Phi) is 5.32. The van der Waals surface area contributed by atoms with Crippen LogP contribution in [0.5, 0.6) is 5.75 Å². The number of carbonyl (C=O) groups excluding carboxylic acids is 2. The summed E-state index contributed by atoms with van der Waals surface area (Å²) in [7, 11) is 1.76. The van der Waals surface area contributed by atoms with Crippen LogP contribution in [-0.2, 0) is 14.3 Å². The van der Waals surface area contributed by atoms with Gasteiger partial charge in [-0.1, -0.05) is 12.1 Å². The van der Waals surface area contributed by atoms with Crippen molar-refractivity contribution in [3.8, 4) is 5.75 Å². The van der Waals surface area contributed by atoms with Crippen LogP contribution in [0.25, 0.3) is 0 Å². The van der Waals surface area contributed by atoms with Gasteiger partial charge >= 0.3 is 11.8 Å². The highest BCUT2D eigenvalue weighted by molar-refractivity contribution is 6.39. The number of hydrogen-bond donors (Lipinski definition) is 2. The van der Waals surface area contributed by atoms with Gasteiger partial charge in [0.15, 0.2) is 0 Å². The average molecular weight is 386 g/mol. The predicted molar refractivity (Wildman–Crippen MR) is 106 cm³/mol. The second-order valence-corrected chi connectivity index (χ2v) is 8.53. The molecule has 1 aromatic rings. The van der Waals surface area contributed by atoms with E-state index in [1.54, 1.807) is 25.3 Å². The summed E-state index contributed by atoms with van der Waals surface area (Å²) < 4.78 is 11.6. The highest BCUT2D eigenvalue weighted by Gasteiger charge is 2.57. The van der Waals surface area contributed by atoms with E-state index in [1.807, 2.05) is 13.0 Å². The fraction of sp³-hybridized carbons (Fsp3) is 0.636. The molecular formula is C22H30N2O4. The number of hydrogen-bond acceptors (Lipinski definition) is 4. The van der Waals surface area contributed by atoms with Crippen LogP contribution >= 0.6 is 0 Å². The molecule has 4 fully saturated rings. The monoisotopic (exact) mass is 386 g/mol. The van der Waals surface area contributed by atoms with E-state index in [-0.39, 0.29) is 5.60 Å². The van der Waals surface area contributed by atoms with Crippen LogP contribution in [-0.4, -0.2) is 37.7 Å². The first-order chi connectivity index (χ1) is 13.6. The zero-order chi connectivity index (χ0) is 19.7. The Morgan fingerprint density at radius 3 is 2.29 bits per heavy atom. The number of carbonyl (C=O) groups is 2. The third-order valence-corrected chi connectivity index (χ3v) is 7.07. The highest BCUT2D eigenvalue weighted by Crippen LogP contribution is 2.59. The van der Waals surface area contributed by atoms with Gasteiger partial charge in [0.25, 0.3) is 0 Å². The molecule has 1 aromatic carbocycles. The number of nitrogens with one attached hydrogen (secondary N) is 2. The fourth-order valence-corrected chi connectivity index (χ4v) is 6.01. The first kappa shape index (κ1) is 19.2. The molecule has 4 aliphatic carbocycles. The van der Waals surface area contributed by atoms with E-state index in [0.717, 1.165) is 11.8 Å². The normalized spacial score (nSPS) is 32.8. The maximum absolute atomic E-state index is 12.5. The number of methoxy groups -OCH3 is 1. The first-order valence-electron chi connectivity index (χ1n) is 10.4. The van der Waals surface area contributed by atoms with Crippen molar-refractivity contribution < 1.29 is 19.1 Å². The molecule has 0 unspecified atom stereocenters. The van der Waals surface area contributed by atoms with Crippen LogP contribution in [0.15, 0.2) is 24.3 Å². The molecule has 0 aliphatic heterocycles. The molecule has 5 rings (SSSR count). The molecule has 0 spiro atoms. The molecule has 0 heterocycles. The van der Waals surface area contributed by atoms with Crippen molar-refractivity contribution in [2.75, 3.05) is 25.6 Å². The topological polar surface area (TPSA) is 76.7 Å². The first-order valence-corrected chi connectivity index (χ1v) is 10.4.